The Labute approximate surface area is 96.9 Å². The van der Waals surface area contributed by atoms with Gasteiger partial charge in [-0.15, -0.1) is 11.3 Å². The minimum atomic E-state index is -0.0433. The summed E-state index contributed by atoms with van der Waals surface area (Å²) in [5, 5.41) is 11.4. The van der Waals surface area contributed by atoms with Crippen LogP contribution >= 0.6 is 23.1 Å². The van der Waals surface area contributed by atoms with Crippen LogP contribution < -0.4 is 0 Å². The Hall–Kier alpha value is -0.830. The minimum Gasteiger partial charge on any atom is -0.390 e. The molecule has 15 heavy (non-hydrogen) atoms. The summed E-state index contributed by atoms with van der Waals surface area (Å²) in [6.45, 7) is 1.50. The van der Waals surface area contributed by atoms with Crippen molar-refractivity contribution in [1.29, 1.82) is 0 Å². The third-order valence-electron chi connectivity index (χ3n) is 1.44. The largest absolute Gasteiger partial charge is 0.390 e. The number of aliphatic hydroxyl groups excluding tert-OH is 1. The van der Waals surface area contributed by atoms with E-state index in [1.54, 1.807) is 12.3 Å². The van der Waals surface area contributed by atoms with E-state index in [0.717, 1.165) is 5.75 Å². The van der Waals surface area contributed by atoms with E-state index in [2.05, 4.69) is 16.8 Å². The lowest BCUT2D eigenvalue weighted by Gasteiger charge is -1.87. The quantitative estimate of drug-likeness (QED) is 0.646. The lowest BCUT2D eigenvalue weighted by atomic mass is 10.4. The topological polar surface area (TPSA) is 50.2 Å². The van der Waals surface area contributed by atoms with Gasteiger partial charge >= 0.3 is 0 Å². The van der Waals surface area contributed by atoms with Crippen LogP contribution in [0.5, 0.6) is 0 Å². The van der Waals surface area contributed by atoms with Crippen molar-refractivity contribution in [2.45, 2.75) is 20.0 Å². The number of aliphatic hydroxyl groups is 1. The summed E-state index contributed by atoms with van der Waals surface area (Å²) in [5.41, 5.74) is 0.655. The zero-order chi connectivity index (χ0) is 11.1. The summed E-state index contributed by atoms with van der Waals surface area (Å²) in [6.07, 6.45) is 0.679. The monoisotopic (exact) mass is 241 g/mol. The van der Waals surface area contributed by atoms with E-state index in [-0.39, 0.29) is 11.7 Å². The Morgan fingerprint density at radius 2 is 2.53 bits per heavy atom. The Morgan fingerprint density at radius 1 is 1.73 bits per heavy atom. The second-order valence-electron chi connectivity index (χ2n) is 2.69. The predicted molar refractivity (Wildman–Crippen MR) is 62.7 cm³/mol. The van der Waals surface area contributed by atoms with Gasteiger partial charge in [0.15, 0.2) is 10.1 Å². The van der Waals surface area contributed by atoms with E-state index < -0.39 is 0 Å². The number of hydrogen-bond acceptors (Lipinski definition) is 5. The Balaban J connectivity index is 2.34. The average molecular weight is 241 g/mol. The molecule has 3 nitrogen and oxygen atoms in total. The molecule has 0 unspecified atom stereocenters. The minimum absolute atomic E-state index is 0.0433. The summed E-state index contributed by atoms with van der Waals surface area (Å²) in [6, 6.07) is 0. The first-order chi connectivity index (χ1) is 7.22. The van der Waals surface area contributed by atoms with E-state index in [1.807, 2.05) is 0 Å². The van der Waals surface area contributed by atoms with Gasteiger partial charge < -0.3 is 5.11 Å². The number of carbonyl (C=O) groups excluding carboxylic acids is 1. The van der Waals surface area contributed by atoms with E-state index in [1.165, 1.54) is 23.1 Å². The fraction of sp³-hybridized carbons (Fsp3) is 0.400. The summed E-state index contributed by atoms with van der Waals surface area (Å²) < 4.78 is 0. The summed E-state index contributed by atoms with van der Waals surface area (Å²) in [5.74, 6) is 6.56. The van der Waals surface area contributed by atoms with E-state index in [9.17, 15) is 4.79 Å². The van der Waals surface area contributed by atoms with E-state index in [0.29, 0.717) is 17.1 Å². The predicted octanol–water partition coefficient (Wildman–Crippen LogP) is 1.66. The molecule has 0 saturated heterocycles. The first-order valence-electron chi connectivity index (χ1n) is 4.40. The van der Waals surface area contributed by atoms with Crippen LogP contribution in [0.1, 0.15) is 24.0 Å². The maximum Gasteiger partial charge on any atom is 0.185 e. The highest BCUT2D eigenvalue weighted by Gasteiger charge is 1.96. The third kappa shape index (κ3) is 4.98. The van der Waals surface area contributed by atoms with Crippen LogP contribution in [0.15, 0.2) is 5.38 Å². The number of rotatable bonds is 3. The highest BCUT2D eigenvalue weighted by atomic mass is 32.2. The van der Waals surface area contributed by atoms with Crippen LogP contribution in [0.3, 0.4) is 0 Å². The lowest BCUT2D eigenvalue weighted by molar-refractivity contribution is -0.109. The van der Waals surface area contributed by atoms with Gasteiger partial charge in [-0.1, -0.05) is 17.7 Å². The van der Waals surface area contributed by atoms with Crippen LogP contribution in [0.2, 0.25) is 0 Å². The summed E-state index contributed by atoms with van der Waals surface area (Å²) >= 11 is 2.70. The van der Waals surface area contributed by atoms with Gasteiger partial charge in [-0.25, -0.2) is 4.98 Å². The lowest BCUT2D eigenvalue weighted by Crippen LogP contribution is -1.84. The number of hydrogen-bond donors (Lipinski definition) is 1. The van der Waals surface area contributed by atoms with Crippen molar-refractivity contribution >= 4 is 28.2 Å². The first-order valence-corrected chi connectivity index (χ1v) is 6.26. The molecule has 1 rings (SSSR count). The highest BCUT2D eigenvalue weighted by Crippen LogP contribution is 2.08. The summed E-state index contributed by atoms with van der Waals surface area (Å²) in [7, 11) is 0. The maximum absolute atomic E-state index is 10.6. The zero-order valence-corrected chi connectivity index (χ0v) is 9.95. The molecule has 0 atom stereocenters. The zero-order valence-electron chi connectivity index (χ0n) is 8.32. The molecule has 0 aliphatic rings. The molecule has 0 aliphatic carbocycles. The van der Waals surface area contributed by atoms with Crippen LogP contribution in [0, 0.1) is 11.8 Å². The Bertz CT molecular complexity index is 390. The molecule has 0 saturated carbocycles. The number of thioether (sulfide) groups is 1. The molecule has 0 aliphatic heterocycles. The van der Waals surface area contributed by atoms with Gasteiger partial charge in [0.2, 0.25) is 0 Å². The van der Waals surface area contributed by atoms with Crippen LogP contribution in [-0.2, 0) is 11.4 Å². The SMILES string of the molecule is CC(=O)SCCC#Cc1nc(CO)cs1. The van der Waals surface area contributed by atoms with Gasteiger partial charge in [0.1, 0.15) is 0 Å². The van der Waals surface area contributed by atoms with Gasteiger partial charge in [0.25, 0.3) is 0 Å². The molecule has 1 N–H and O–H groups in total. The van der Waals surface area contributed by atoms with Crippen molar-refractivity contribution in [2.75, 3.05) is 5.75 Å². The molecule has 0 amide bonds. The standard InChI is InChI=1S/C10H11NO2S2/c1-8(13)14-5-3-2-4-10-11-9(6-12)7-15-10/h7,12H,3,5-6H2,1H3. The molecule has 80 valence electrons. The Kier molecular flexibility index (Phi) is 5.40. The molecular formula is C10H11NO2S2. The van der Waals surface area contributed by atoms with Crippen molar-refractivity contribution in [3.05, 3.63) is 16.1 Å². The molecule has 0 spiro atoms. The number of thiazole rings is 1. The number of nitrogens with zero attached hydrogens (tertiary/aromatic N) is 1. The Morgan fingerprint density at radius 3 is 3.13 bits per heavy atom. The van der Waals surface area contributed by atoms with Gasteiger partial charge in [-0.05, 0) is 5.92 Å². The summed E-state index contributed by atoms with van der Waals surface area (Å²) in [4.78, 5) is 14.7. The average Bonchev–Trinajstić information content (AvgIpc) is 2.65. The number of aromatic nitrogens is 1. The second-order valence-corrected chi connectivity index (χ2v) is 4.82. The molecule has 1 aromatic heterocycles. The van der Waals surface area contributed by atoms with Crippen molar-refractivity contribution in [2.24, 2.45) is 0 Å². The molecule has 0 aromatic carbocycles. The van der Waals surface area contributed by atoms with Gasteiger partial charge in [-0.3, -0.25) is 4.79 Å². The number of carbonyl (C=O) groups is 1. The van der Waals surface area contributed by atoms with Crippen molar-refractivity contribution in [3.8, 4) is 11.8 Å². The van der Waals surface area contributed by atoms with Gasteiger partial charge in [0, 0.05) is 24.5 Å². The van der Waals surface area contributed by atoms with Crippen LogP contribution in [0.25, 0.3) is 0 Å². The maximum atomic E-state index is 10.6. The highest BCUT2D eigenvalue weighted by molar-refractivity contribution is 8.13. The van der Waals surface area contributed by atoms with Crippen LogP contribution in [0.4, 0.5) is 0 Å². The van der Waals surface area contributed by atoms with Crippen molar-refractivity contribution < 1.29 is 9.90 Å². The first kappa shape index (κ1) is 12.2. The second kappa shape index (κ2) is 6.62. The van der Waals surface area contributed by atoms with E-state index in [4.69, 9.17) is 5.11 Å². The van der Waals surface area contributed by atoms with Gasteiger partial charge in [-0.2, -0.15) is 0 Å². The smallest absolute Gasteiger partial charge is 0.185 e. The van der Waals surface area contributed by atoms with Crippen LogP contribution in [-0.4, -0.2) is 21.0 Å². The molecule has 5 heteroatoms. The van der Waals surface area contributed by atoms with E-state index >= 15 is 0 Å². The molecular weight excluding hydrogens is 230 g/mol. The normalized spacial score (nSPS) is 9.47. The molecule has 1 aromatic rings. The molecule has 0 radical (unpaired) electrons. The van der Waals surface area contributed by atoms with Gasteiger partial charge in [0.05, 0.1) is 12.3 Å². The molecule has 0 bridgehead atoms. The molecule has 0 fully saturated rings. The van der Waals surface area contributed by atoms with Crippen molar-refractivity contribution in [3.63, 3.8) is 0 Å². The van der Waals surface area contributed by atoms with Crippen molar-refractivity contribution in [1.82, 2.24) is 4.98 Å². The molecule has 1 heterocycles. The fourth-order valence-electron chi connectivity index (χ4n) is 0.821. The third-order valence-corrected chi connectivity index (χ3v) is 3.06. The fourth-order valence-corrected chi connectivity index (χ4v) is 1.99.